The van der Waals surface area contributed by atoms with Gasteiger partial charge >= 0.3 is 12.4 Å². The molecule has 0 saturated heterocycles. The van der Waals surface area contributed by atoms with Crippen LogP contribution in [0.5, 0.6) is 0 Å². The third-order valence-corrected chi connectivity index (χ3v) is 10.6. The molecule has 6 aromatic rings. The maximum atomic E-state index is 14.1. The van der Waals surface area contributed by atoms with Crippen LogP contribution in [0.1, 0.15) is 70.4 Å². The first-order chi connectivity index (χ1) is 29.3. The molecule has 6 aromatic carbocycles. The number of benzene rings is 6. The molecule has 0 aromatic heterocycles. The van der Waals surface area contributed by atoms with Gasteiger partial charge in [0.05, 0.1) is 11.1 Å². The second kappa shape index (κ2) is 17.1. The summed E-state index contributed by atoms with van der Waals surface area (Å²) in [6.45, 7) is 7.24. The molecule has 0 radical (unpaired) electrons. The van der Waals surface area contributed by atoms with E-state index in [1.54, 1.807) is 26.0 Å². The van der Waals surface area contributed by atoms with Gasteiger partial charge < -0.3 is 9.47 Å². The maximum Gasteiger partial charge on any atom is 0.416 e. The number of halogens is 10. The van der Waals surface area contributed by atoms with Gasteiger partial charge in [0, 0.05) is 0 Å². The lowest BCUT2D eigenvalue weighted by atomic mass is 9.94. The van der Waals surface area contributed by atoms with Crippen LogP contribution in [0.3, 0.4) is 0 Å². The quantitative estimate of drug-likeness (QED) is 0.157. The Balaban J connectivity index is 0.000000186. The van der Waals surface area contributed by atoms with Gasteiger partial charge in [-0.2, -0.15) is 26.3 Å². The van der Waals surface area contributed by atoms with Crippen molar-refractivity contribution in [2.24, 2.45) is 9.98 Å². The Hall–Kier alpha value is -6.44. The second-order valence-electron chi connectivity index (χ2n) is 14.9. The van der Waals surface area contributed by atoms with Crippen LogP contribution in [-0.2, 0) is 21.8 Å². The summed E-state index contributed by atoms with van der Waals surface area (Å²) in [4.78, 5) is 8.85. The van der Waals surface area contributed by atoms with Gasteiger partial charge in [-0.05, 0) is 121 Å². The van der Waals surface area contributed by atoms with Crippen LogP contribution >= 0.6 is 0 Å². The highest BCUT2D eigenvalue weighted by Gasteiger charge is 2.35. The number of alkyl halides is 6. The van der Waals surface area contributed by atoms with Crippen molar-refractivity contribution in [3.8, 4) is 22.3 Å². The third-order valence-electron chi connectivity index (χ3n) is 10.6. The fraction of sp³-hybridized carbons (Fsp3) is 0.208. The Morgan fingerprint density at radius 2 is 0.742 bits per heavy atom. The average Bonchev–Trinajstić information content (AvgIpc) is 3.78. The van der Waals surface area contributed by atoms with Gasteiger partial charge in [-0.15, -0.1) is 0 Å². The van der Waals surface area contributed by atoms with Gasteiger partial charge in [0.1, 0.15) is 58.7 Å². The highest BCUT2D eigenvalue weighted by atomic mass is 19.4. The van der Waals surface area contributed by atoms with E-state index in [1.807, 2.05) is 38.1 Å². The van der Waals surface area contributed by atoms with Gasteiger partial charge in [-0.25, -0.2) is 27.5 Å². The number of aryl methyl sites for hydroxylation is 2. The summed E-state index contributed by atoms with van der Waals surface area (Å²) in [6.07, 6.45) is -9.65. The van der Waals surface area contributed by atoms with E-state index in [4.69, 9.17) is 9.47 Å². The van der Waals surface area contributed by atoms with E-state index in [0.29, 0.717) is 11.1 Å². The minimum Gasteiger partial charge on any atom is -0.472 e. The molecule has 0 amide bonds. The first-order valence-corrected chi connectivity index (χ1v) is 19.2. The van der Waals surface area contributed by atoms with Crippen molar-refractivity contribution < 1.29 is 53.4 Å². The molecule has 2 aliphatic rings. The van der Waals surface area contributed by atoms with E-state index in [9.17, 15) is 43.9 Å². The predicted octanol–water partition coefficient (Wildman–Crippen LogP) is 13.7. The maximum absolute atomic E-state index is 14.1. The number of ether oxygens (including phenoxy) is 2. The van der Waals surface area contributed by atoms with Crippen LogP contribution in [0.25, 0.3) is 22.3 Å². The van der Waals surface area contributed by atoms with Gasteiger partial charge in [-0.3, -0.25) is 0 Å². The smallest absolute Gasteiger partial charge is 0.416 e. The second-order valence-corrected chi connectivity index (χ2v) is 14.9. The highest BCUT2D eigenvalue weighted by molar-refractivity contribution is 5.96. The van der Waals surface area contributed by atoms with Crippen molar-refractivity contribution >= 4 is 11.8 Å². The molecule has 0 aliphatic carbocycles. The average molecular weight is 863 g/mol. The lowest BCUT2D eigenvalue weighted by Crippen LogP contribution is -2.14. The van der Waals surface area contributed by atoms with Crippen LogP contribution in [0.4, 0.5) is 43.9 Å². The Labute approximate surface area is 350 Å². The van der Waals surface area contributed by atoms with Gasteiger partial charge in [0.25, 0.3) is 0 Å². The number of rotatable bonds is 6. The molecular formula is C48H36F10N2O2. The summed E-state index contributed by atoms with van der Waals surface area (Å²) >= 11 is 0. The molecule has 0 spiro atoms. The molecule has 2 aliphatic heterocycles. The largest absolute Gasteiger partial charge is 0.472 e. The lowest BCUT2D eigenvalue weighted by Gasteiger charge is -2.16. The van der Waals surface area contributed by atoms with Gasteiger partial charge in [-0.1, -0.05) is 72.8 Å². The van der Waals surface area contributed by atoms with E-state index in [1.165, 1.54) is 36.4 Å². The molecule has 62 heavy (non-hydrogen) atoms. The summed E-state index contributed by atoms with van der Waals surface area (Å²) in [6, 6.07) is 27.0. The predicted molar refractivity (Wildman–Crippen MR) is 216 cm³/mol. The fourth-order valence-corrected chi connectivity index (χ4v) is 7.38. The minimum absolute atomic E-state index is 0.0840. The standard InChI is InChI=1S/2C24H18F5NO/c2*1-13-12-16(15-6-9-17(10-7-15)24(27,28)29)8-11-18(13)22-14(2)31-23(30-22)21-19(25)4-3-5-20(21)26/h2*3-12,14,22H,1-2H3/t2*14-,22+/m10/s1. The van der Waals surface area contributed by atoms with E-state index in [0.717, 1.165) is 81.9 Å². The number of nitrogens with zero attached hydrogens (tertiary/aromatic N) is 2. The van der Waals surface area contributed by atoms with Crippen molar-refractivity contribution in [2.75, 3.05) is 0 Å². The summed E-state index contributed by atoms with van der Waals surface area (Å²) in [5.41, 5.74) is 4.13. The minimum atomic E-state index is -4.38. The molecule has 0 fully saturated rings. The molecule has 4 atom stereocenters. The molecule has 0 bridgehead atoms. The monoisotopic (exact) mass is 862 g/mol. The molecule has 320 valence electrons. The molecule has 2 heterocycles. The fourth-order valence-electron chi connectivity index (χ4n) is 7.38. The number of hydrogen-bond acceptors (Lipinski definition) is 4. The molecule has 0 unspecified atom stereocenters. The Morgan fingerprint density at radius 1 is 0.435 bits per heavy atom. The van der Waals surface area contributed by atoms with Crippen LogP contribution in [0, 0.1) is 37.1 Å². The van der Waals surface area contributed by atoms with Gasteiger partial charge in [0.2, 0.25) is 11.8 Å². The van der Waals surface area contributed by atoms with Gasteiger partial charge in [0.15, 0.2) is 0 Å². The van der Waals surface area contributed by atoms with Crippen LogP contribution in [-0.4, -0.2) is 24.0 Å². The topological polar surface area (TPSA) is 43.2 Å². The zero-order valence-electron chi connectivity index (χ0n) is 33.3. The number of hydrogen-bond donors (Lipinski definition) is 0. The molecule has 0 saturated carbocycles. The van der Waals surface area contributed by atoms with E-state index < -0.39 is 71.0 Å². The Bertz CT molecular complexity index is 2450. The Kier molecular flexibility index (Phi) is 12.1. The zero-order valence-corrected chi connectivity index (χ0v) is 33.3. The van der Waals surface area contributed by atoms with E-state index >= 15 is 0 Å². The van der Waals surface area contributed by atoms with Crippen molar-refractivity contribution in [1.82, 2.24) is 0 Å². The first-order valence-electron chi connectivity index (χ1n) is 19.2. The first kappa shape index (κ1) is 43.6. The SMILES string of the molecule is Cc1cc(-c2ccc(C(F)(F)F)cc2)ccc1[C@@H]1N=C(c2c(F)cccc2F)O[C@H]1C.Cc1cc(-c2ccc(C(F)(F)F)cc2)ccc1[C@H]1N=C(c2c(F)cccc2F)O[C@@H]1C. The zero-order chi connectivity index (χ0) is 44.7. The molecule has 14 heteroatoms. The van der Waals surface area contributed by atoms with Crippen LogP contribution < -0.4 is 0 Å². The summed E-state index contributed by atoms with van der Waals surface area (Å²) < 4.78 is 144. The van der Waals surface area contributed by atoms with Crippen LogP contribution in [0.15, 0.2) is 131 Å². The summed E-state index contributed by atoms with van der Waals surface area (Å²) in [5, 5.41) is 0. The normalized spacial score (nSPS) is 18.6. The highest BCUT2D eigenvalue weighted by Crippen LogP contribution is 2.38. The van der Waals surface area contributed by atoms with Crippen molar-refractivity contribution in [3.63, 3.8) is 0 Å². The summed E-state index contributed by atoms with van der Waals surface area (Å²) in [5.74, 6) is -3.16. The van der Waals surface area contributed by atoms with Crippen molar-refractivity contribution in [2.45, 2.75) is 64.3 Å². The van der Waals surface area contributed by atoms with E-state index in [2.05, 4.69) is 9.98 Å². The summed E-state index contributed by atoms with van der Waals surface area (Å²) in [7, 11) is 0. The number of aliphatic imine (C=N–C) groups is 2. The molecule has 4 nitrogen and oxygen atoms in total. The van der Waals surface area contributed by atoms with Crippen LogP contribution in [0.2, 0.25) is 0 Å². The lowest BCUT2D eigenvalue weighted by molar-refractivity contribution is -0.138. The Morgan fingerprint density at radius 3 is 1.03 bits per heavy atom. The molecule has 8 rings (SSSR count). The van der Waals surface area contributed by atoms with Crippen molar-refractivity contribution in [3.05, 3.63) is 189 Å². The molecular weight excluding hydrogens is 827 g/mol. The van der Waals surface area contributed by atoms with Crippen molar-refractivity contribution in [1.29, 1.82) is 0 Å². The van der Waals surface area contributed by atoms with E-state index in [-0.39, 0.29) is 22.9 Å². The third kappa shape index (κ3) is 9.09. The molecule has 0 N–H and O–H groups in total.